The van der Waals surface area contributed by atoms with E-state index in [1.165, 1.54) is 0 Å². The van der Waals surface area contributed by atoms with Crippen molar-refractivity contribution in [2.45, 2.75) is 49.9 Å². The summed E-state index contributed by atoms with van der Waals surface area (Å²) in [5.41, 5.74) is 3.14. The molecule has 3 heterocycles. The van der Waals surface area contributed by atoms with Gasteiger partial charge in [-0.15, -0.1) is 12.4 Å². The summed E-state index contributed by atoms with van der Waals surface area (Å²) < 4.78 is 7.21. The fourth-order valence-electron chi connectivity index (χ4n) is 7.09. The van der Waals surface area contributed by atoms with Gasteiger partial charge in [0, 0.05) is 46.6 Å². The number of aliphatic hydroxyl groups is 1. The predicted octanol–water partition coefficient (Wildman–Crippen LogP) is 3.22. The zero-order valence-corrected chi connectivity index (χ0v) is 23.0. The molecule has 1 fully saturated rings. The van der Waals surface area contributed by atoms with Gasteiger partial charge in [-0.05, 0) is 51.1 Å². The van der Waals surface area contributed by atoms with Crippen LogP contribution in [0.25, 0.3) is 10.9 Å². The standard InChI is InChI=1S/C29H32N4O5.ClH/c1-29-23-22-18(19-11-7-13-32(2)26(19)29)10-6-12-21(22)33(3)24(23)25(35)20(14-34)30-28(37)38-15-16-8-4-5-9-17(16)27(36)31-29;/h4-6,8-10,12,19-20,26,34H,7,11,13-15H2,1-3H3,(H,30,37)(H,31,36);1H/t19?,20-,26-,29?;/m0./s1. The highest BCUT2D eigenvalue weighted by atomic mass is 35.5. The number of carbonyl (C=O) groups is 3. The molecular formula is C29H33ClN4O5. The van der Waals surface area contributed by atoms with Gasteiger partial charge in [0.1, 0.15) is 12.6 Å². The molecule has 0 spiro atoms. The molecule has 2 unspecified atom stereocenters. The number of ketones is 1. The molecule has 1 aromatic heterocycles. The number of likely N-dealkylation sites (tertiary alicyclic amines) is 1. The highest BCUT2D eigenvalue weighted by Crippen LogP contribution is 2.52. The number of hydrogen-bond donors (Lipinski definition) is 3. The molecule has 0 saturated carbocycles. The minimum absolute atomic E-state index is 0. The van der Waals surface area contributed by atoms with E-state index in [0.29, 0.717) is 16.8 Å². The number of alkyl carbamates (subject to hydrolysis) is 1. The number of cyclic esters (lactones) is 1. The number of amides is 2. The second-order valence-corrected chi connectivity index (χ2v) is 10.8. The van der Waals surface area contributed by atoms with Crippen LogP contribution in [-0.2, 0) is 23.9 Å². The van der Waals surface area contributed by atoms with Crippen LogP contribution in [0.1, 0.15) is 63.2 Å². The van der Waals surface area contributed by atoms with Crippen molar-refractivity contribution < 1.29 is 24.2 Å². The largest absolute Gasteiger partial charge is 0.445 e. The molecule has 1 aliphatic carbocycles. The van der Waals surface area contributed by atoms with Crippen LogP contribution in [0.3, 0.4) is 0 Å². The molecule has 206 valence electrons. The third-order valence-electron chi connectivity index (χ3n) is 8.67. The number of aryl methyl sites for hydroxylation is 1. The lowest BCUT2D eigenvalue weighted by atomic mass is 9.65. The van der Waals surface area contributed by atoms with Crippen molar-refractivity contribution in [3.05, 3.63) is 70.4 Å². The normalized spacial score (nSPS) is 27.0. The van der Waals surface area contributed by atoms with E-state index in [9.17, 15) is 19.5 Å². The highest BCUT2D eigenvalue weighted by Gasteiger charge is 2.53. The van der Waals surface area contributed by atoms with Crippen LogP contribution < -0.4 is 10.6 Å². The van der Waals surface area contributed by atoms with Crippen molar-refractivity contribution in [2.24, 2.45) is 7.05 Å². The maximum atomic E-state index is 14.1. The molecule has 4 atom stereocenters. The van der Waals surface area contributed by atoms with Crippen LogP contribution in [0.2, 0.25) is 0 Å². The van der Waals surface area contributed by atoms with Crippen molar-refractivity contribution >= 4 is 41.1 Å². The number of halogens is 1. The van der Waals surface area contributed by atoms with Crippen LogP contribution in [0, 0.1) is 0 Å². The van der Waals surface area contributed by atoms with E-state index >= 15 is 0 Å². The first-order valence-electron chi connectivity index (χ1n) is 13.1. The average molecular weight is 553 g/mol. The number of rotatable bonds is 1. The lowest BCUT2D eigenvalue weighted by Gasteiger charge is -2.53. The molecule has 39 heavy (non-hydrogen) atoms. The molecule has 1 saturated heterocycles. The predicted molar refractivity (Wildman–Crippen MR) is 148 cm³/mol. The molecule has 2 amide bonds. The summed E-state index contributed by atoms with van der Waals surface area (Å²) in [7, 11) is 3.90. The molecule has 3 aromatic rings. The first kappa shape index (κ1) is 27.2. The van der Waals surface area contributed by atoms with Gasteiger partial charge in [-0.25, -0.2) is 4.79 Å². The van der Waals surface area contributed by atoms with Gasteiger partial charge in [0.2, 0.25) is 5.78 Å². The number of Topliss-reactive ketones (excluding diaryl/α,β-unsaturated/α-hetero) is 1. The minimum Gasteiger partial charge on any atom is -0.445 e. The van der Waals surface area contributed by atoms with E-state index in [2.05, 4.69) is 28.6 Å². The Labute approximate surface area is 232 Å². The Morgan fingerprint density at radius 2 is 1.87 bits per heavy atom. The van der Waals surface area contributed by atoms with Gasteiger partial charge in [-0.2, -0.15) is 0 Å². The number of aliphatic hydroxyl groups excluding tert-OH is 1. The number of carbonyl (C=O) groups excluding carboxylic acids is 3. The van der Waals surface area contributed by atoms with Crippen LogP contribution in [0.5, 0.6) is 0 Å². The maximum Gasteiger partial charge on any atom is 0.408 e. The zero-order chi connectivity index (χ0) is 26.8. The Morgan fingerprint density at radius 1 is 1.10 bits per heavy atom. The molecule has 2 aliphatic heterocycles. The first-order valence-corrected chi connectivity index (χ1v) is 13.1. The fourth-order valence-corrected chi connectivity index (χ4v) is 7.09. The Balaban J connectivity index is 0.00000308. The minimum atomic E-state index is -1.21. The van der Waals surface area contributed by atoms with E-state index in [1.807, 2.05) is 30.7 Å². The summed E-state index contributed by atoms with van der Waals surface area (Å²) in [6, 6.07) is 11.8. The molecule has 3 N–H and O–H groups in total. The number of likely N-dealkylation sites (N-methyl/N-ethyl adjacent to an activating group) is 1. The summed E-state index contributed by atoms with van der Waals surface area (Å²) in [4.78, 5) is 43.1. The summed E-state index contributed by atoms with van der Waals surface area (Å²) >= 11 is 0. The number of piperidine rings is 1. The number of fused-ring (bicyclic) bond motifs is 4. The van der Waals surface area contributed by atoms with Crippen LogP contribution in [0.4, 0.5) is 4.79 Å². The zero-order valence-electron chi connectivity index (χ0n) is 22.2. The second kappa shape index (κ2) is 9.97. The lowest BCUT2D eigenvalue weighted by molar-refractivity contribution is 0.0565. The number of nitrogens with one attached hydrogen (secondary N) is 2. The van der Waals surface area contributed by atoms with Gasteiger partial charge in [0.05, 0.1) is 17.8 Å². The third-order valence-corrected chi connectivity index (χ3v) is 8.67. The first-order chi connectivity index (χ1) is 18.3. The lowest BCUT2D eigenvalue weighted by Crippen LogP contribution is -2.63. The van der Waals surface area contributed by atoms with Crippen LogP contribution >= 0.6 is 12.4 Å². The third kappa shape index (κ3) is 4.02. The number of nitrogens with zero attached hydrogens (tertiary/aromatic N) is 2. The summed E-state index contributed by atoms with van der Waals surface area (Å²) in [6.45, 7) is 2.14. The van der Waals surface area contributed by atoms with Crippen molar-refractivity contribution in [1.82, 2.24) is 20.1 Å². The van der Waals surface area contributed by atoms with Crippen molar-refractivity contribution in [1.29, 1.82) is 0 Å². The van der Waals surface area contributed by atoms with Crippen LogP contribution in [0.15, 0.2) is 42.5 Å². The number of aromatic nitrogens is 1. The SMILES string of the molecule is CN1CCCC2c3cccc4c3c3c(n4C)C(=O)[C@H](CO)NC(=O)OCc4ccccc4C(=O)NC3(C)[C@H]21.Cl. The Kier molecular flexibility index (Phi) is 6.95. The van der Waals surface area contributed by atoms with E-state index in [-0.39, 0.29) is 36.9 Å². The fraction of sp³-hybridized carbons (Fsp3) is 0.414. The number of ether oxygens (including phenoxy) is 1. The number of benzene rings is 2. The van der Waals surface area contributed by atoms with E-state index in [0.717, 1.165) is 41.4 Å². The average Bonchev–Trinajstić information content (AvgIpc) is 3.22. The van der Waals surface area contributed by atoms with Crippen molar-refractivity contribution in [3.63, 3.8) is 0 Å². The van der Waals surface area contributed by atoms with Gasteiger partial charge in [-0.1, -0.05) is 30.3 Å². The quantitative estimate of drug-likeness (QED) is 0.427. The van der Waals surface area contributed by atoms with Gasteiger partial charge >= 0.3 is 6.09 Å². The van der Waals surface area contributed by atoms with E-state index < -0.39 is 30.1 Å². The molecule has 2 aromatic carbocycles. The van der Waals surface area contributed by atoms with Gasteiger partial charge < -0.3 is 29.9 Å². The highest BCUT2D eigenvalue weighted by molar-refractivity contribution is 6.09. The molecule has 6 rings (SSSR count). The molecule has 0 radical (unpaired) electrons. The molecule has 3 aliphatic rings. The Hall–Kier alpha value is -3.40. The van der Waals surface area contributed by atoms with Crippen molar-refractivity contribution in [2.75, 3.05) is 20.2 Å². The molecule has 10 heteroatoms. The van der Waals surface area contributed by atoms with Gasteiger partial charge in [-0.3, -0.25) is 9.59 Å². The molecule has 9 nitrogen and oxygen atoms in total. The van der Waals surface area contributed by atoms with Gasteiger partial charge in [0.25, 0.3) is 5.91 Å². The summed E-state index contributed by atoms with van der Waals surface area (Å²) in [5, 5.41) is 17.1. The van der Waals surface area contributed by atoms with Crippen LogP contribution in [-0.4, -0.2) is 64.6 Å². The second-order valence-electron chi connectivity index (χ2n) is 10.8. The van der Waals surface area contributed by atoms with E-state index in [4.69, 9.17) is 4.74 Å². The van der Waals surface area contributed by atoms with Gasteiger partial charge in [0.15, 0.2) is 0 Å². The molecular weight excluding hydrogens is 520 g/mol. The van der Waals surface area contributed by atoms with E-state index in [1.54, 1.807) is 24.3 Å². The molecule has 0 bridgehead atoms. The topological polar surface area (TPSA) is 113 Å². The smallest absolute Gasteiger partial charge is 0.408 e. The summed E-state index contributed by atoms with van der Waals surface area (Å²) in [6.07, 6.45) is 1.16. The monoisotopic (exact) mass is 552 g/mol. The Morgan fingerprint density at radius 3 is 2.64 bits per heavy atom. The maximum absolute atomic E-state index is 14.1. The Bertz CT molecular complexity index is 1490. The summed E-state index contributed by atoms with van der Waals surface area (Å²) in [5.74, 6) is -0.570. The number of hydrogen-bond acceptors (Lipinski definition) is 6. The van der Waals surface area contributed by atoms with Crippen molar-refractivity contribution in [3.8, 4) is 0 Å².